The number of anilines is 1. The lowest BCUT2D eigenvalue weighted by atomic mass is 10.1. The van der Waals surface area contributed by atoms with E-state index in [4.69, 9.17) is 28.9 Å². The lowest BCUT2D eigenvalue weighted by molar-refractivity contribution is 0.240. The lowest BCUT2D eigenvalue weighted by Crippen LogP contribution is -2.36. The molecule has 0 aliphatic carbocycles. The fourth-order valence-electron chi connectivity index (χ4n) is 2.57. The molecule has 3 heterocycles. The molecular weight excluding hydrogens is 391 g/mol. The van der Waals surface area contributed by atoms with Crippen LogP contribution in [0.3, 0.4) is 0 Å². The maximum atomic E-state index is 12.2. The molecule has 0 aromatic carbocycles. The number of nitrogens with one attached hydrogen (secondary N) is 1. The van der Waals surface area contributed by atoms with Crippen molar-refractivity contribution in [2.75, 3.05) is 18.5 Å². The number of aromatic amines is 1. The average molecular weight is 405 g/mol. The van der Waals surface area contributed by atoms with E-state index >= 15 is 0 Å². The van der Waals surface area contributed by atoms with E-state index < -0.39 is 15.4 Å². The second kappa shape index (κ2) is 6.52. The molecule has 134 valence electrons. The van der Waals surface area contributed by atoms with Crippen LogP contribution in [0.4, 0.5) is 5.95 Å². The van der Waals surface area contributed by atoms with Gasteiger partial charge in [0.15, 0.2) is 0 Å². The van der Waals surface area contributed by atoms with Crippen LogP contribution in [0.1, 0.15) is 16.8 Å². The number of fused-ring (bicyclic) bond motifs is 1. The van der Waals surface area contributed by atoms with Crippen molar-refractivity contribution in [3.05, 3.63) is 37.5 Å². The Kier molecular flexibility index (Phi) is 4.71. The molecule has 1 aliphatic rings. The SMILES string of the molecule is CS(=O)(=O)c1nc2c(c(=O)[nH]1)CN(Cc1c(Cl)nc(N)nc1Cl)CC2. The molecule has 0 fully saturated rings. The normalized spacial score (nSPS) is 15.2. The van der Waals surface area contributed by atoms with Crippen LogP contribution in [0.15, 0.2) is 9.95 Å². The Bertz CT molecular complexity index is 984. The van der Waals surface area contributed by atoms with Gasteiger partial charge < -0.3 is 5.73 Å². The van der Waals surface area contributed by atoms with Crippen molar-refractivity contribution in [1.82, 2.24) is 24.8 Å². The largest absolute Gasteiger partial charge is 0.368 e. The van der Waals surface area contributed by atoms with Crippen molar-refractivity contribution in [2.24, 2.45) is 0 Å². The van der Waals surface area contributed by atoms with Gasteiger partial charge >= 0.3 is 0 Å². The van der Waals surface area contributed by atoms with Gasteiger partial charge in [0, 0.05) is 37.9 Å². The van der Waals surface area contributed by atoms with Crippen LogP contribution in [-0.2, 0) is 29.3 Å². The van der Waals surface area contributed by atoms with Gasteiger partial charge in [-0.15, -0.1) is 0 Å². The first-order valence-electron chi connectivity index (χ1n) is 7.17. The van der Waals surface area contributed by atoms with Gasteiger partial charge in [-0.25, -0.2) is 23.4 Å². The van der Waals surface area contributed by atoms with Gasteiger partial charge in [0.2, 0.25) is 20.9 Å². The summed E-state index contributed by atoms with van der Waals surface area (Å²) in [5.74, 6) is -0.0170. The van der Waals surface area contributed by atoms with Gasteiger partial charge in [-0.2, -0.15) is 0 Å². The molecule has 3 N–H and O–H groups in total. The van der Waals surface area contributed by atoms with Crippen LogP contribution in [0.2, 0.25) is 10.3 Å². The van der Waals surface area contributed by atoms with Crippen LogP contribution >= 0.6 is 23.2 Å². The molecule has 0 bridgehead atoms. The van der Waals surface area contributed by atoms with Crippen molar-refractivity contribution < 1.29 is 8.42 Å². The summed E-state index contributed by atoms with van der Waals surface area (Å²) in [6.07, 6.45) is 1.42. The van der Waals surface area contributed by atoms with E-state index in [0.29, 0.717) is 36.3 Å². The fraction of sp³-hybridized carbons (Fsp3) is 0.385. The smallest absolute Gasteiger partial charge is 0.256 e. The van der Waals surface area contributed by atoms with E-state index in [1.54, 1.807) is 0 Å². The second-order valence-electron chi connectivity index (χ2n) is 5.67. The number of halogens is 2. The molecule has 0 atom stereocenters. The molecule has 3 rings (SSSR count). The van der Waals surface area contributed by atoms with Crippen molar-refractivity contribution in [3.8, 4) is 0 Å². The Balaban J connectivity index is 1.89. The monoisotopic (exact) mass is 404 g/mol. The standard InChI is InChI=1S/C13H14Cl2N6O3S/c1-25(23,24)13-17-8-2-3-21(4-6(8)11(22)20-13)5-7-9(14)18-12(16)19-10(7)15/h2-5H2,1H3,(H2,16,18,19)(H,17,20,22). The summed E-state index contributed by atoms with van der Waals surface area (Å²) in [7, 11) is -3.58. The Hall–Kier alpha value is -1.75. The van der Waals surface area contributed by atoms with Gasteiger partial charge in [-0.3, -0.25) is 14.7 Å². The molecule has 0 radical (unpaired) electrons. The third kappa shape index (κ3) is 3.76. The zero-order valence-electron chi connectivity index (χ0n) is 13.1. The van der Waals surface area contributed by atoms with E-state index in [9.17, 15) is 13.2 Å². The summed E-state index contributed by atoms with van der Waals surface area (Å²) in [5.41, 5.74) is 6.42. The molecule has 2 aromatic heterocycles. The van der Waals surface area contributed by atoms with Crippen molar-refractivity contribution in [2.45, 2.75) is 24.7 Å². The fourth-order valence-corrected chi connectivity index (χ4v) is 3.64. The lowest BCUT2D eigenvalue weighted by Gasteiger charge is -2.27. The highest BCUT2D eigenvalue weighted by atomic mass is 35.5. The highest BCUT2D eigenvalue weighted by Crippen LogP contribution is 2.25. The summed E-state index contributed by atoms with van der Waals surface area (Å²) >= 11 is 12.1. The summed E-state index contributed by atoms with van der Waals surface area (Å²) in [4.78, 5) is 28.3. The number of hydrogen-bond donors (Lipinski definition) is 2. The summed E-state index contributed by atoms with van der Waals surface area (Å²) in [6, 6.07) is 0. The maximum Gasteiger partial charge on any atom is 0.256 e. The number of nitrogens with two attached hydrogens (primary N) is 1. The number of aromatic nitrogens is 4. The molecule has 1 aliphatic heterocycles. The summed E-state index contributed by atoms with van der Waals surface area (Å²) < 4.78 is 23.2. The molecule has 0 unspecified atom stereocenters. The van der Waals surface area contributed by atoms with Gasteiger partial charge in [-0.1, -0.05) is 23.2 Å². The predicted molar refractivity (Wildman–Crippen MR) is 92.2 cm³/mol. The highest BCUT2D eigenvalue weighted by Gasteiger charge is 2.25. The number of nitrogens with zero attached hydrogens (tertiary/aromatic N) is 4. The maximum absolute atomic E-state index is 12.2. The van der Waals surface area contributed by atoms with Crippen LogP contribution in [-0.4, -0.2) is 46.1 Å². The molecular formula is C13H14Cl2N6O3S. The van der Waals surface area contributed by atoms with Crippen LogP contribution < -0.4 is 11.3 Å². The highest BCUT2D eigenvalue weighted by molar-refractivity contribution is 7.90. The summed E-state index contributed by atoms with van der Waals surface area (Å²) in [5, 5.41) is -0.00626. The third-order valence-corrected chi connectivity index (χ3v) is 5.30. The molecule has 25 heavy (non-hydrogen) atoms. The van der Waals surface area contributed by atoms with Crippen molar-refractivity contribution in [3.63, 3.8) is 0 Å². The number of sulfone groups is 1. The van der Waals surface area contributed by atoms with Gasteiger partial charge in [0.05, 0.1) is 11.3 Å². The first kappa shape index (κ1) is 18.1. The molecule has 0 amide bonds. The van der Waals surface area contributed by atoms with Crippen LogP contribution in [0, 0.1) is 0 Å². The molecule has 2 aromatic rings. The van der Waals surface area contributed by atoms with E-state index in [-0.39, 0.29) is 28.0 Å². The van der Waals surface area contributed by atoms with E-state index in [1.165, 1.54) is 0 Å². The third-order valence-electron chi connectivity index (χ3n) is 3.78. The number of nitrogen functional groups attached to an aromatic ring is 1. The van der Waals surface area contributed by atoms with Gasteiger partial charge in [0.25, 0.3) is 5.56 Å². The zero-order chi connectivity index (χ0) is 18.4. The Labute approximate surface area is 153 Å². The molecule has 0 saturated heterocycles. The molecule has 0 spiro atoms. The van der Waals surface area contributed by atoms with Crippen LogP contribution in [0.25, 0.3) is 0 Å². The minimum absolute atomic E-state index is 0.0170. The Morgan fingerprint density at radius 3 is 2.48 bits per heavy atom. The number of H-pyrrole nitrogens is 1. The molecule has 9 nitrogen and oxygen atoms in total. The first-order valence-corrected chi connectivity index (χ1v) is 9.81. The van der Waals surface area contributed by atoms with E-state index in [0.717, 1.165) is 6.26 Å². The predicted octanol–water partition coefficient (Wildman–Crippen LogP) is 0.411. The molecule has 12 heteroatoms. The minimum atomic E-state index is -3.58. The van der Waals surface area contributed by atoms with E-state index in [1.807, 2.05) is 4.90 Å². The first-order chi connectivity index (χ1) is 11.6. The average Bonchev–Trinajstić information content (AvgIpc) is 2.50. The van der Waals surface area contributed by atoms with Gasteiger partial charge in [-0.05, 0) is 0 Å². The quantitative estimate of drug-likeness (QED) is 0.554. The Morgan fingerprint density at radius 2 is 1.88 bits per heavy atom. The number of rotatable bonds is 3. The topological polar surface area (TPSA) is 135 Å². The van der Waals surface area contributed by atoms with Crippen LogP contribution in [0.5, 0.6) is 0 Å². The van der Waals surface area contributed by atoms with E-state index in [2.05, 4.69) is 19.9 Å². The van der Waals surface area contributed by atoms with Gasteiger partial charge in [0.1, 0.15) is 10.3 Å². The second-order valence-corrected chi connectivity index (χ2v) is 8.32. The Morgan fingerprint density at radius 1 is 1.24 bits per heavy atom. The van der Waals surface area contributed by atoms with Crippen molar-refractivity contribution in [1.29, 1.82) is 0 Å². The molecule has 0 saturated carbocycles. The minimum Gasteiger partial charge on any atom is -0.368 e. The summed E-state index contributed by atoms with van der Waals surface area (Å²) in [6.45, 7) is 1.15. The number of hydrogen-bond acceptors (Lipinski definition) is 8. The van der Waals surface area contributed by atoms with Crippen molar-refractivity contribution >= 4 is 39.0 Å². The zero-order valence-corrected chi connectivity index (χ0v) is 15.4.